The lowest BCUT2D eigenvalue weighted by Gasteiger charge is -2.28. The van der Waals surface area contributed by atoms with Gasteiger partial charge in [-0.1, -0.05) is 67.2 Å². The molecule has 0 bridgehead atoms. The SMILES string of the molecule is C=CC(=O)N(CP(=O)(c1ccccc1)c1ccccc1)C1CC1. The van der Waals surface area contributed by atoms with Crippen LogP contribution in [-0.4, -0.2) is 23.1 Å². The van der Waals surface area contributed by atoms with Crippen LogP contribution in [0.25, 0.3) is 0 Å². The summed E-state index contributed by atoms with van der Waals surface area (Å²) >= 11 is 0. The van der Waals surface area contributed by atoms with Crippen molar-refractivity contribution < 1.29 is 9.36 Å². The fraction of sp³-hybridized carbons (Fsp3) is 0.211. The molecule has 0 radical (unpaired) electrons. The van der Waals surface area contributed by atoms with E-state index in [1.54, 1.807) is 4.90 Å². The predicted octanol–water partition coefficient (Wildman–Crippen LogP) is 3.14. The van der Waals surface area contributed by atoms with Crippen molar-refractivity contribution in [2.45, 2.75) is 18.9 Å². The van der Waals surface area contributed by atoms with E-state index < -0.39 is 7.14 Å². The van der Waals surface area contributed by atoms with Crippen molar-refractivity contribution >= 4 is 23.7 Å². The molecular weight excluding hydrogens is 305 g/mol. The molecule has 2 aromatic rings. The van der Waals surface area contributed by atoms with Gasteiger partial charge in [0.2, 0.25) is 5.91 Å². The first-order valence-corrected chi connectivity index (χ1v) is 9.67. The number of rotatable bonds is 6. The summed E-state index contributed by atoms with van der Waals surface area (Å²) in [5.41, 5.74) is 0. The number of carbonyl (C=O) groups is 1. The molecule has 0 saturated heterocycles. The molecule has 0 atom stereocenters. The number of benzene rings is 2. The summed E-state index contributed by atoms with van der Waals surface area (Å²) < 4.78 is 14.0. The quantitative estimate of drug-likeness (QED) is 0.604. The maximum absolute atomic E-state index is 14.0. The molecule has 118 valence electrons. The van der Waals surface area contributed by atoms with Crippen molar-refractivity contribution in [2.75, 3.05) is 6.29 Å². The minimum absolute atomic E-state index is 0.139. The van der Waals surface area contributed by atoms with E-state index in [-0.39, 0.29) is 18.2 Å². The number of carbonyl (C=O) groups excluding carboxylic acids is 1. The Morgan fingerprint density at radius 1 is 1.04 bits per heavy atom. The molecule has 0 aliphatic heterocycles. The molecule has 1 amide bonds. The van der Waals surface area contributed by atoms with Crippen LogP contribution in [-0.2, 0) is 9.36 Å². The average molecular weight is 325 g/mol. The van der Waals surface area contributed by atoms with Crippen molar-refractivity contribution in [2.24, 2.45) is 0 Å². The second-order valence-corrected chi connectivity index (χ2v) is 8.59. The third kappa shape index (κ3) is 3.30. The first kappa shape index (κ1) is 15.8. The molecule has 0 N–H and O–H groups in total. The van der Waals surface area contributed by atoms with Crippen LogP contribution in [0.2, 0.25) is 0 Å². The van der Waals surface area contributed by atoms with Crippen LogP contribution in [0.1, 0.15) is 12.8 Å². The Hall–Kier alpha value is -2.12. The maximum atomic E-state index is 14.0. The smallest absolute Gasteiger partial charge is 0.246 e. The maximum Gasteiger partial charge on any atom is 0.246 e. The van der Waals surface area contributed by atoms with Gasteiger partial charge in [0, 0.05) is 16.7 Å². The Balaban J connectivity index is 2.04. The summed E-state index contributed by atoms with van der Waals surface area (Å²) in [4.78, 5) is 14.0. The number of nitrogens with zero attached hydrogens (tertiary/aromatic N) is 1. The summed E-state index contributed by atoms with van der Waals surface area (Å²) in [6.45, 7) is 3.59. The van der Waals surface area contributed by atoms with Gasteiger partial charge >= 0.3 is 0 Å². The first-order chi connectivity index (χ1) is 11.1. The lowest BCUT2D eigenvalue weighted by Crippen LogP contribution is -2.36. The third-order valence-corrected chi connectivity index (χ3v) is 7.11. The minimum Gasteiger partial charge on any atom is -0.328 e. The van der Waals surface area contributed by atoms with E-state index in [0.717, 1.165) is 23.5 Å². The van der Waals surface area contributed by atoms with Gasteiger partial charge in [-0.3, -0.25) is 4.79 Å². The summed E-state index contributed by atoms with van der Waals surface area (Å²) in [6.07, 6.45) is 3.50. The molecule has 0 spiro atoms. The van der Waals surface area contributed by atoms with Gasteiger partial charge in [-0.2, -0.15) is 0 Å². The summed E-state index contributed by atoms with van der Waals surface area (Å²) in [5, 5.41) is 1.57. The number of hydrogen-bond donors (Lipinski definition) is 0. The topological polar surface area (TPSA) is 37.4 Å². The van der Waals surface area contributed by atoms with Crippen LogP contribution in [0.3, 0.4) is 0 Å². The minimum atomic E-state index is -2.90. The highest BCUT2D eigenvalue weighted by atomic mass is 31.2. The van der Waals surface area contributed by atoms with E-state index in [1.807, 2.05) is 60.7 Å². The molecule has 0 aromatic heterocycles. The average Bonchev–Trinajstić information content (AvgIpc) is 3.45. The van der Waals surface area contributed by atoms with Gasteiger partial charge in [-0.25, -0.2) is 0 Å². The van der Waals surface area contributed by atoms with Crippen molar-refractivity contribution in [3.63, 3.8) is 0 Å². The van der Waals surface area contributed by atoms with Gasteiger partial charge in [-0.05, 0) is 18.9 Å². The van der Waals surface area contributed by atoms with Crippen LogP contribution in [0.4, 0.5) is 0 Å². The van der Waals surface area contributed by atoms with Gasteiger partial charge in [0.25, 0.3) is 0 Å². The standard InChI is InChI=1S/C19H20NO2P/c1-2-19(21)20(16-13-14-16)15-23(22,17-9-5-3-6-10-17)18-11-7-4-8-12-18/h2-12,16H,1,13-15H2. The second kappa shape index (κ2) is 6.55. The normalized spacial score (nSPS) is 14.3. The van der Waals surface area contributed by atoms with Gasteiger partial charge < -0.3 is 9.46 Å². The van der Waals surface area contributed by atoms with Crippen LogP contribution < -0.4 is 10.6 Å². The lowest BCUT2D eigenvalue weighted by molar-refractivity contribution is -0.125. The van der Waals surface area contributed by atoms with Crippen LogP contribution in [0.15, 0.2) is 73.3 Å². The van der Waals surface area contributed by atoms with Crippen molar-refractivity contribution in [3.8, 4) is 0 Å². The lowest BCUT2D eigenvalue weighted by atomic mass is 10.4. The summed E-state index contributed by atoms with van der Waals surface area (Å²) in [6, 6.07) is 19.1. The van der Waals surface area contributed by atoms with E-state index >= 15 is 0 Å². The molecule has 4 heteroatoms. The Bertz CT molecular complexity index is 695. The Morgan fingerprint density at radius 3 is 1.91 bits per heavy atom. The molecule has 3 rings (SSSR count). The molecular formula is C19H20NO2P. The Morgan fingerprint density at radius 2 is 1.52 bits per heavy atom. The molecule has 0 unspecified atom stereocenters. The van der Waals surface area contributed by atoms with E-state index in [2.05, 4.69) is 6.58 Å². The fourth-order valence-corrected chi connectivity index (χ4v) is 5.46. The van der Waals surface area contributed by atoms with E-state index in [0.29, 0.717) is 0 Å². The van der Waals surface area contributed by atoms with Crippen molar-refractivity contribution in [3.05, 3.63) is 73.3 Å². The van der Waals surface area contributed by atoms with Gasteiger partial charge in [-0.15, -0.1) is 0 Å². The zero-order valence-electron chi connectivity index (χ0n) is 13.0. The molecule has 0 heterocycles. The summed E-state index contributed by atoms with van der Waals surface area (Å²) in [7, 11) is -2.90. The number of amides is 1. The van der Waals surface area contributed by atoms with Gasteiger partial charge in [0.05, 0.1) is 6.29 Å². The fourth-order valence-electron chi connectivity index (χ4n) is 2.73. The second-order valence-electron chi connectivity index (χ2n) is 5.80. The van der Waals surface area contributed by atoms with E-state index in [9.17, 15) is 9.36 Å². The largest absolute Gasteiger partial charge is 0.328 e. The highest BCUT2D eigenvalue weighted by Gasteiger charge is 2.38. The molecule has 3 nitrogen and oxygen atoms in total. The van der Waals surface area contributed by atoms with E-state index in [1.165, 1.54) is 6.08 Å². The van der Waals surface area contributed by atoms with Gasteiger partial charge in [0.15, 0.2) is 7.14 Å². The zero-order valence-corrected chi connectivity index (χ0v) is 13.9. The zero-order chi connectivity index (χ0) is 16.3. The van der Waals surface area contributed by atoms with Gasteiger partial charge in [0.1, 0.15) is 0 Å². The third-order valence-electron chi connectivity index (χ3n) is 4.14. The molecule has 1 saturated carbocycles. The highest BCUT2D eigenvalue weighted by molar-refractivity contribution is 7.78. The molecule has 23 heavy (non-hydrogen) atoms. The van der Waals surface area contributed by atoms with Crippen molar-refractivity contribution in [1.82, 2.24) is 4.90 Å². The molecule has 1 aliphatic rings. The Kier molecular flexibility index (Phi) is 4.49. The van der Waals surface area contributed by atoms with Crippen LogP contribution >= 0.6 is 7.14 Å². The van der Waals surface area contributed by atoms with Crippen molar-refractivity contribution in [1.29, 1.82) is 0 Å². The molecule has 2 aromatic carbocycles. The van der Waals surface area contributed by atoms with E-state index in [4.69, 9.17) is 0 Å². The Labute approximate surface area is 137 Å². The summed E-state index contributed by atoms with van der Waals surface area (Å²) in [5.74, 6) is -0.139. The predicted molar refractivity (Wildman–Crippen MR) is 94.7 cm³/mol. The van der Waals surface area contributed by atoms with Crippen LogP contribution in [0, 0.1) is 0 Å². The number of hydrogen-bond acceptors (Lipinski definition) is 2. The molecule has 1 fully saturated rings. The van der Waals surface area contributed by atoms with Crippen LogP contribution in [0.5, 0.6) is 0 Å². The molecule has 1 aliphatic carbocycles. The monoisotopic (exact) mass is 325 g/mol. The highest BCUT2D eigenvalue weighted by Crippen LogP contribution is 2.46. The first-order valence-electron chi connectivity index (χ1n) is 7.78.